The number of carbonyl (C=O) groups is 1. The first-order valence-corrected chi connectivity index (χ1v) is 11.3. The van der Waals surface area contributed by atoms with Gasteiger partial charge in [-0.05, 0) is 56.6 Å². The number of hydrogen-bond acceptors (Lipinski definition) is 6. The van der Waals surface area contributed by atoms with Crippen molar-refractivity contribution in [2.45, 2.75) is 50.2 Å². The highest BCUT2D eigenvalue weighted by Gasteiger charge is 2.45. The Hall–Kier alpha value is -3.33. The second-order valence-corrected chi connectivity index (χ2v) is 9.05. The molecule has 2 fully saturated rings. The fourth-order valence-corrected chi connectivity index (χ4v) is 4.92. The largest absolute Gasteiger partial charge is 0.494 e. The van der Waals surface area contributed by atoms with Gasteiger partial charge >= 0.3 is 17.5 Å². The summed E-state index contributed by atoms with van der Waals surface area (Å²) in [6, 6.07) is 8.52. The second kappa shape index (κ2) is 8.22. The Balaban J connectivity index is 1.38. The van der Waals surface area contributed by atoms with E-state index in [1.807, 2.05) is 16.9 Å². The fourth-order valence-electron chi connectivity index (χ4n) is 4.92. The van der Waals surface area contributed by atoms with E-state index < -0.39 is 11.5 Å². The Morgan fingerprint density at radius 2 is 1.94 bits per heavy atom. The molecule has 3 N–H and O–H groups in total. The number of amides is 1. The third-order valence-corrected chi connectivity index (χ3v) is 7.00. The van der Waals surface area contributed by atoms with Crippen molar-refractivity contribution in [3.05, 3.63) is 42.2 Å². The number of pyridine rings is 1. The zero-order valence-corrected chi connectivity index (χ0v) is 18.8. The molecule has 2 heterocycles. The number of anilines is 1. The topological polar surface area (TPSA) is 110 Å². The zero-order chi connectivity index (χ0) is 23.2. The van der Waals surface area contributed by atoms with E-state index in [-0.39, 0.29) is 17.6 Å². The lowest BCUT2D eigenvalue weighted by Crippen LogP contribution is -2.40. The molecule has 0 aliphatic heterocycles. The van der Waals surface area contributed by atoms with Gasteiger partial charge in [-0.3, -0.25) is 14.7 Å². The van der Waals surface area contributed by atoms with Crippen LogP contribution in [0.3, 0.4) is 0 Å². The van der Waals surface area contributed by atoms with Crippen molar-refractivity contribution in [2.24, 2.45) is 5.92 Å². The predicted octanol–water partition coefficient (Wildman–Crippen LogP) is 3.09. The summed E-state index contributed by atoms with van der Waals surface area (Å²) in [5.41, 5.74) is 0.779. The van der Waals surface area contributed by atoms with Gasteiger partial charge in [-0.1, -0.05) is 0 Å². The average Bonchev–Trinajstić information content (AvgIpc) is 3.60. The van der Waals surface area contributed by atoms with E-state index in [9.17, 15) is 15.1 Å². The van der Waals surface area contributed by atoms with Crippen LogP contribution in [0.15, 0.2) is 36.5 Å². The van der Waals surface area contributed by atoms with Gasteiger partial charge in [0.15, 0.2) is 0 Å². The highest BCUT2D eigenvalue weighted by Crippen LogP contribution is 2.49. The predicted molar refractivity (Wildman–Crippen MR) is 120 cm³/mol. The van der Waals surface area contributed by atoms with Gasteiger partial charge in [0, 0.05) is 23.7 Å². The van der Waals surface area contributed by atoms with Gasteiger partial charge in [0.05, 0.1) is 47.9 Å². The molecule has 0 saturated heterocycles. The lowest BCUT2D eigenvalue weighted by molar-refractivity contribution is -0.907. The summed E-state index contributed by atoms with van der Waals surface area (Å²) in [5.74, 6) is 0.591. The summed E-state index contributed by atoms with van der Waals surface area (Å²) in [6.45, 7) is 0. The van der Waals surface area contributed by atoms with Gasteiger partial charge in [0.1, 0.15) is 5.75 Å². The summed E-state index contributed by atoms with van der Waals surface area (Å²) in [6.07, 6.45) is 7.69. The third-order valence-electron chi connectivity index (χ3n) is 7.00. The van der Waals surface area contributed by atoms with Crippen molar-refractivity contribution in [3.8, 4) is 11.6 Å². The van der Waals surface area contributed by atoms with Crippen molar-refractivity contribution in [3.63, 3.8) is 0 Å². The number of nitrogens with zero attached hydrogens (tertiary/aromatic N) is 3. The van der Waals surface area contributed by atoms with Crippen LogP contribution in [0.1, 0.15) is 55.1 Å². The first kappa shape index (κ1) is 21.5. The highest BCUT2D eigenvalue weighted by atomic mass is 16.5. The van der Waals surface area contributed by atoms with E-state index >= 15 is 0 Å². The molecule has 2 saturated carbocycles. The quantitative estimate of drug-likeness (QED) is 0.391. The molecule has 174 valence electrons. The van der Waals surface area contributed by atoms with Crippen LogP contribution in [-0.4, -0.2) is 45.8 Å². The van der Waals surface area contributed by atoms with Crippen molar-refractivity contribution < 1.29 is 29.3 Å². The summed E-state index contributed by atoms with van der Waals surface area (Å²) in [4.78, 5) is 12.8. The normalized spacial score (nSPS) is 22.8. The minimum atomic E-state index is -0.506. The monoisotopic (exact) mass is 453 g/mol. The molecule has 9 heteroatoms. The molecule has 0 atom stereocenters. The number of nitrogens with one attached hydrogen (secondary N) is 1. The van der Waals surface area contributed by atoms with Crippen LogP contribution in [0.2, 0.25) is 0 Å². The third kappa shape index (κ3) is 3.97. The molecule has 0 bridgehead atoms. The van der Waals surface area contributed by atoms with E-state index in [2.05, 4.69) is 5.32 Å². The average molecular weight is 454 g/mol. The molecular weight excluding hydrogens is 424 g/mol. The molecule has 3 aromatic rings. The smallest absolute Gasteiger partial charge is 0.417 e. The number of aliphatic hydroxyl groups is 1. The second-order valence-electron chi connectivity index (χ2n) is 9.05. The number of carbonyl (C=O) groups excluding carboxylic acids is 1. The van der Waals surface area contributed by atoms with Gasteiger partial charge in [-0.15, -0.1) is 0 Å². The minimum absolute atomic E-state index is 0.0255. The van der Waals surface area contributed by atoms with E-state index in [1.165, 1.54) is 20.3 Å². The van der Waals surface area contributed by atoms with Crippen molar-refractivity contribution >= 4 is 22.5 Å². The molecule has 2 aliphatic rings. The van der Waals surface area contributed by atoms with Gasteiger partial charge < -0.3 is 19.9 Å². The summed E-state index contributed by atoms with van der Waals surface area (Å²) >= 11 is 0. The summed E-state index contributed by atoms with van der Waals surface area (Å²) in [7, 11) is 2.95. The molecule has 5 rings (SSSR count). The van der Waals surface area contributed by atoms with E-state index in [0.717, 1.165) is 49.4 Å². The maximum atomic E-state index is 12.8. The number of ether oxygens (including phenoxy) is 2. The highest BCUT2D eigenvalue weighted by molar-refractivity contribution is 6.04. The van der Waals surface area contributed by atoms with Crippen LogP contribution in [0, 0.1) is 5.92 Å². The number of fused-ring (bicyclic) bond motifs is 1. The van der Waals surface area contributed by atoms with E-state index in [0.29, 0.717) is 22.1 Å². The van der Waals surface area contributed by atoms with Crippen LogP contribution < -0.4 is 19.5 Å². The Kier molecular flexibility index (Phi) is 5.36. The SMILES string of the molecule is COc1cc2nn([C@H]3CC[C@@](O)(C4CC4)CC3)cc2cc1NC(=O)c1cccc(OC)[n+]1O. The number of rotatable bonds is 6. The van der Waals surface area contributed by atoms with Crippen LogP contribution >= 0.6 is 0 Å². The molecule has 1 amide bonds. The first-order chi connectivity index (χ1) is 15.9. The number of benzene rings is 1. The molecule has 9 nitrogen and oxygen atoms in total. The van der Waals surface area contributed by atoms with E-state index in [4.69, 9.17) is 14.6 Å². The molecule has 33 heavy (non-hydrogen) atoms. The summed E-state index contributed by atoms with van der Waals surface area (Å²) in [5, 5.41) is 29.5. The van der Waals surface area contributed by atoms with Crippen molar-refractivity contribution in [1.82, 2.24) is 9.78 Å². The molecule has 0 spiro atoms. The Labute approximate surface area is 191 Å². The molecule has 1 aromatic carbocycles. The number of aromatic nitrogens is 3. The zero-order valence-electron chi connectivity index (χ0n) is 18.8. The molecule has 2 aliphatic carbocycles. The lowest BCUT2D eigenvalue weighted by atomic mass is 9.79. The van der Waals surface area contributed by atoms with Crippen LogP contribution in [0.4, 0.5) is 5.69 Å². The van der Waals surface area contributed by atoms with Crippen LogP contribution in [0.25, 0.3) is 10.9 Å². The summed E-state index contributed by atoms with van der Waals surface area (Å²) < 4.78 is 13.2. The standard InChI is InChI=1S/C24H28N4O5/c1-32-21-13-18-15(12-19(21)25-23(29)20-4-3-5-22(33-2)28(20)31)14-27(26-18)17-8-10-24(30,11-9-17)16-6-7-16/h3-5,12-14,16-17,30H,6-11H2,1-2H3,(H-,25,29,31)/p+1/t17-,24-. The Morgan fingerprint density at radius 3 is 2.61 bits per heavy atom. The molecule has 2 aromatic heterocycles. The number of hydrogen-bond donors (Lipinski definition) is 3. The Bertz CT molecular complexity index is 1200. The molecular formula is C24H29N4O5+. The van der Waals surface area contributed by atoms with Crippen molar-refractivity contribution in [2.75, 3.05) is 19.5 Å². The van der Waals surface area contributed by atoms with Crippen LogP contribution in [0.5, 0.6) is 11.6 Å². The maximum absolute atomic E-state index is 12.8. The fraction of sp³-hybridized carbons (Fsp3) is 0.458. The minimum Gasteiger partial charge on any atom is -0.494 e. The Morgan fingerprint density at radius 1 is 1.18 bits per heavy atom. The molecule has 0 unspecified atom stereocenters. The first-order valence-electron chi connectivity index (χ1n) is 11.3. The number of methoxy groups -OCH3 is 2. The van der Waals surface area contributed by atoms with Gasteiger partial charge in [0.25, 0.3) is 0 Å². The van der Waals surface area contributed by atoms with Gasteiger partial charge in [-0.2, -0.15) is 5.10 Å². The van der Waals surface area contributed by atoms with Crippen molar-refractivity contribution in [1.29, 1.82) is 0 Å². The lowest BCUT2D eigenvalue weighted by Gasteiger charge is -2.36. The molecule has 0 radical (unpaired) electrons. The maximum Gasteiger partial charge on any atom is 0.417 e. The van der Waals surface area contributed by atoms with Gasteiger partial charge in [-0.25, -0.2) is 0 Å². The van der Waals surface area contributed by atoms with E-state index in [1.54, 1.807) is 18.2 Å². The van der Waals surface area contributed by atoms with Gasteiger partial charge in [0.2, 0.25) is 0 Å². The van der Waals surface area contributed by atoms with Crippen LogP contribution in [-0.2, 0) is 0 Å².